The first-order valence-corrected chi connectivity index (χ1v) is 8.03. The number of aromatic nitrogens is 2. The first-order chi connectivity index (χ1) is 10.8. The summed E-state index contributed by atoms with van der Waals surface area (Å²) in [5.41, 5.74) is 4.09. The van der Waals surface area contributed by atoms with Crippen molar-refractivity contribution in [2.24, 2.45) is 0 Å². The maximum absolute atomic E-state index is 9.63. The van der Waals surface area contributed by atoms with Crippen LogP contribution in [0, 0.1) is 11.3 Å². The van der Waals surface area contributed by atoms with Crippen LogP contribution in [0.25, 0.3) is 22.4 Å². The molecule has 0 spiro atoms. The van der Waals surface area contributed by atoms with Crippen molar-refractivity contribution in [2.45, 2.75) is 5.03 Å². The lowest BCUT2D eigenvalue weighted by molar-refractivity contribution is 0.930. The van der Waals surface area contributed by atoms with E-state index in [1.54, 1.807) is 0 Å². The van der Waals surface area contributed by atoms with Gasteiger partial charge in [-0.25, -0.2) is 0 Å². The molecule has 0 aliphatic carbocycles. The molecule has 0 saturated carbocycles. The first kappa shape index (κ1) is 14.3. The maximum atomic E-state index is 9.63. The van der Waals surface area contributed by atoms with Crippen LogP contribution in [0.3, 0.4) is 0 Å². The minimum absolute atomic E-state index is 0.576. The molecule has 0 radical (unpaired) electrons. The van der Waals surface area contributed by atoms with Gasteiger partial charge < -0.3 is 0 Å². The van der Waals surface area contributed by atoms with E-state index in [0.717, 1.165) is 22.4 Å². The molecule has 22 heavy (non-hydrogen) atoms. The van der Waals surface area contributed by atoms with Gasteiger partial charge in [-0.05, 0) is 11.8 Å². The maximum Gasteiger partial charge on any atom is 0.137 e. The Balaban J connectivity index is 2.35. The molecule has 0 fully saturated rings. The summed E-state index contributed by atoms with van der Waals surface area (Å²) in [5, 5.41) is 18.9. The summed E-state index contributed by atoms with van der Waals surface area (Å²) in [5.74, 6) is 0. The van der Waals surface area contributed by atoms with Crippen LogP contribution in [0.2, 0.25) is 0 Å². The number of nitriles is 1. The van der Waals surface area contributed by atoms with Gasteiger partial charge in [0.15, 0.2) is 0 Å². The summed E-state index contributed by atoms with van der Waals surface area (Å²) in [6.07, 6.45) is 1.90. The average Bonchev–Trinajstić information content (AvgIpc) is 2.61. The van der Waals surface area contributed by atoms with E-state index in [9.17, 15) is 5.26 Å². The lowest BCUT2D eigenvalue weighted by Crippen LogP contribution is -1.99. The summed E-state index contributed by atoms with van der Waals surface area (Å²) in [4.78, 5) is 0. The van der Waals surface area contributed by atoms with Crippen LogP contribution in [-0.4, -0.2) is 16.5 Å². The summed E-state index contributed by atoms with van der Waals surface area (Å²) < 4.78 is 0. The Bertz CT molecular complexity index is 824. The minimum Gasteiger partial charge on any atom is -0.192 e. The topological polar surface area (TPSA) is 49.6 Å². The normalized spacial score (nSPS) is 10.2. The molecular weight excluding hydrogens is 290 g/mol. The molecule has 106 valence electrons. The van der Waals surface area contributed by atoms with Crippen molar-refractivity contribution in [3.63, 3.8) is 0 Å². The zero-order valence-corrected chi connectivity index (χ0v) is 12.8. The summed E-state index contributed by atoms with van der Waals surface area (Å²) in [6, 6.07) is 22.0. The SMILES string of the molecule is CSc1nnc(-c2ccccc2)c(-c2ccccc2)c1C#N. The highest BCUT2D eigenvalue weighted by Gasteiger charge is 2.18. The molecule has 0 aliphatic heterocycles. The molecule has 4 heteroatoms. The molecule has 0 saturated heterocycles. The summed E-state index contributed by atoms with van der Waals surface area (Å²) in [7, 11) is 0. The third kappa shape index (κ3) is 2.59. The second-order valence-electron chi connectivity index (χ2n) is 4.65. The van der Waals surface area contributed by atoms with E-state index < -0.39 is 0 Å². The number of hydrogen-bond acceptors (Lipinski definition) is 4. The van der Waals surface area contributed by atoms with Gasteiger partial charge in [-0.1, -0.05) is 60.7 Å². The minimum atomic E-state index is 0.576. The van der Waals surface area contributed by atoms with E-state index in [0.29, 0.717) is 10.6 Å². The number of nitrogens with zero attached hydrogens (tertiary/aromatic N) is 3. The monoisotopic (exact) mass is 303 g/mol. The number of hydrogen-bond donors (Lipinski definition) is 0. The fraction of sp³-hybridized carbons (Fsp3) is 0.0556. The van der Waals surface area contributed by atoms with Crippen LogP contribution in [0.4, 0.5) is 0 Å². The zero-order chi connectivity index (χ0) is 15.4. The Hall–Kier alpha value is -2.64. The van der Waals surface area contributed by atoms with Crippen molar-refractivity contribution in [1.29, 1.82) is 5.26 Å². The molecule has 3 nitrogen and oxygen atoms in total. The highest BCUT2D eigenvalue weighted by Crippen LogP contribution is 2.35. The predicted octanol–water partition coefficient (Wildman–Crippen LogP) is 4.40. The molecule has 1 heterocycles. The van der Waals surface area contributed by atoms with Gasteiger partial charge in [0, 0.05) is 11.1 Å². The molecule has 3 rings (SSSR count). The molecule has 0 unspecified atom stereocenters. The van der Waals surface area contributed by atoms with Crippen LogP contribution in [0.15, 0.2) is 65.7 Å². The molecule has 1 aromatic heterocycles. The van der Waals surface area contributed by atoms with Crippen LogP contribution < -0.4 is 0 Å². The van der Waals surface area contributed by atoms with Gasteiger partial charge in [-0.3, -0.25) is 0 Å². The van der Waals surface area contributed by atoms with Crippen LogP contribution >= 0.6 is 11.8 Å². The van der Waals surface area contributed by atoms with Gasteiger partial charge in [-0.2, -0.15) is 5.26 Å². The van der Waals surface area contributed by atoms with E-state index in [-0.39, 0.29) is 0 Å². The Morgan fingerprint density at radius 3 is 2.00 bits per heavy atom. The van der Waals surface area contributed by atoms with Gasteiger partial charge in [0.1, 0.15) is 16.8 Å². The van der Waals surface area contributed by atoms with Crippen molar-refractivity contribution in [1.82, 2.24) is 10.2 Å². The number of benzene rings is 2. The molecule has 0 bridgehead atoms. The smallest absolute Gasteiger partial charge is 0.137 e. The molecule has 0 N–H and O–H groups in total. The highest BCUT2D eigenvalue weighted by atomic mass is 32.2. The molecule has 3 aromatic rings. The van der Waals surface area contributed by atoms with Gasteiger partial charge in [-0.15, -0.1) is 22.0 Å². The lowest BCUT2D eigenvalue weighted by atomic mass is 9.96. The molecule has 0 amide bonds. The third-order valence-corrected chi connectivity index (χ3v) is 4.03. The predicted molar refractivity (Wildman–Crippen MR) is 89.4 cm³/mol. The zero-order valence-electron chi connectivity index (χ0n) is 12.0. The van der Waals surface area contributed by atoms with Gasteiger partial charge >= 0.3 is 0 Å². The molecule has 0 atom stereocenters. The van der Waals surface area contributed by atoms with E-state index in [1.807, 2.05) is 66.9 Å². The lowest BCUT2D eigenvalue weighted by Gasteiger charge is -2.12. The largest absolute Gasteiger partial charge is 0.192 e. The standard InChI is InChI=1S/C18H13N3S/c1-22-18-15(12-19)16(13-8-4-2-5-9-13)17(20-21-18)14-10-6-3-7-11-14/h2-11H,1H3. The van der Waals surface area contributed by atoms with E-state index >= 15 is 0 Å². The van der Waals surface area contributed by atoms with E-state index in [4.69, 9.17) is 0 Å². The first-order valence-electron chi connectivity index (χ1n) is 6.80. The third-order valence-electron chi connectivity index (χ3n) is 3.36. The molecule has 2 aromatic carbocycles. The summed E-state index contributed by atoms with van der Waals surface area (Å²) in [6.45, 7) is 0. The quantitative estimate of drug-likeness (QED) is 0.673. The second kappa shape index (κ2) is 6.42. The fourth-order valence-electron chi connectivity index (χ4n) is 2.35. The van der Waals surface area contributed by atoms with Crippen molar-refractivity contribution in [3.05, 3.63) is 66.2 Å². The van der Waals surface area contributed by atoms with Crippen molar-refractivity contribution in [3.8, 4) is 28.5 Å². The van der Waals surface area contributed by atoms with E-state index in [1.165, 1.54) is 11.8 Å². The van der Waals surface area contributed by atoms with Crippen molar-refractivity contribution >= 4 is 11.8 Å². The second-order valence-corrected chi connectivity index (χ2v) is 5.45. The number of thioether (sulfide) groups is 1. The summed E-state index contributed by atoms with van der Waals surface area (Å²) >= 11 is 1.44. The Morgan fingerprint density at radius 1 is 0.864 bits per heavy atom. The number of rotatable bonds is 3. The Kier molecular flexibility index (Phi) is 4.17. The van der Waals surface area contributed by atoms with Crippen LogP contribution in [-0.2, 0) is 0 Å². The van der Waals surface area contributed by atoms with Crippen LogP contribution in [0.5, 0.6) is 0 Å². The van der Waals surface area contributed by atoms with Crippen molar-refractivity contribution in [2.75, 3.05) is 6.26 Å². The van der Waals surface area contributed by atoms with Crippen LogP contribution in [0.1, 0.15) is 5.56 Å². The molecule has 0 aliphatic rings. The average molecular weight is 303 g/mol. The highest BCUT2D eigenvalue weighted by molar-refractivity contribution is 7.98. The molecular formula is C18H13N3S. The van der Waals surface area contributed by atoms with Gasteiger partial charge in [0.2, 0.25) is 0 Å². The fourth-order valence-corrected chi connectivity index (χ4v) is 2.83. The van der Waals surface area contributed by atoms with Gasteiger partial charge in [0.25, 0.3) is 0 Å². The van der Waals surface area contributed by atoms with Crippen molar-refractivity contribution < 1.29 is 0 Å². The van der Waals surface area contributed by atoms with E-state index in [2.05, 4.69) is 16.3 Å². The Morgan fingerprint density at radius 2 is 1.45 bits per heavy atom. The Labute approximate surface area is 133 Å². The van der Waals surface area contributed by atoms with Gasteiger partial charge in [0.05, 0.1) is 5.56 Å².